The SMILES string of the molecule is COC(=O)CCOc1ccc(CNC(=O)c2ccc(CN(C)C(=O)OC(C)(C)C)cc2)cc1. The summed E-state index contributed by atoms with van der Waals surface area (Å²) in [5.74, 6) is 0.124. The normalized spacial score (nSPS) is 10.8. The Morgan fingerprint density at radius 3 is 2.12 bits per heavy atom. The second-order valence-corrected chi connectivity index (χ2v) is 8.53. The number of carbonyl (C=O) groups excluding carboxylic acids is 3. The lowest BCUT2D eigenvalue weighted by atomic mass is 10.1. The molecule has 2 rings (SSSR count). The van der Waals surface area contributed by atoms with Gasteiger partial charge >= 0.3 is 12.1 Å². The molecule has 0 aromatic heterocycles. The van der Waals surface area contributed by atoms with Crippen LogP contribution in [-0.2, 0) is 27.4 Å². The first-order valence-electron chi connectivity index (χ1n) is 10.7. The first-order valence-corrected chi connectivity index (χ1v) is 10.7. The fraction of sp³-hybridized carbons (Fsp3) is 0.400. The predicted molar refractivity (Wildman–Crippen MR) is 124 cm³/mol. The summed E-state index contributed by atoms with van der Waals surface area (Å²) in [6.07, 6.45) is -0.214. The second kappa shape index (κ2) is 11.9. The highest BCUT2D eigenvalue weighted by atomic mass is 16.6. The molecule has 0 saturated carbocycles. The van der Waals surface area contributed by atoms with E-state index in [1.807, 2.05) is 45.0 Å². The summed E-state index contributed by atoms with van der Waals surface area (Å²) in [7, 11) is 3.01. The van der Waals surface area contributed by atoms with Crippen molar-refractivity contribution in [2.24, 2.45) is 0 Å². The molecule has 0 aliphatic rings. The van der Waals surface area contributed by atoms with Gasteiger partial charge in [0.25, 0.3) is 5.91 Å². The van der Waals surface area contributed by atoms with Crippen LogP contribution < -0.4 is 10.1 Å². The summed E-state index contributed by atoms with van der Waals surface area (Å²) in [6.45, 7) is 6.45. The molecule has 0 bridgehead atoms. The van der Waals surface area contributed by atoms with Crippen LogP contribution in [0.25, 0.3) is 0 Å². The first kappa shape index (κ1) is 25.7. The molecule has 0 saturated heterocycles. The van der Waals surface area contributed by atoms with Crippen molar-refractivity contribution in [3.05, 3.63) is 65.2 Å². The average Bonchev–Trinajstić information content (AvgIpc) is 2.77. The van der Waals surface area contributed by atoms with E-state index < -0.39 is 11.7 Å². The Kier molecular flexibility index (Phi) is 9.27. The van der Waals surface area contributed by atoms with E-state index in [4.69, 9.17) is 9.47 Å². The number of ether oxygens (including phenoxy) is 3. The minimum atomic E-state index is -0.550. The van der Waals surface area contributed by atoms with Gasteiger partial charge in [-0.05, 0) is 56.2 Å². The minimum absolute atomic E-state index is 0.185. The van der Waals surface area contributed by atoms with Crippen molar-refractivity contribution in [2.75, 3.05) is 20.8 Å². The van der Waals surface area contributed by atoms with Gasteiger partial charge in [-0.2, -0.15) is 0 Å². The van der Waals surface area contributed by atoms with Crippen LogP contribution in [0.2, 0.25) is 0 Å². The van der Waals surface area contributed by atoms with Gasteiger partial charge in [0.05, 0.1) is 20.1 Å². The fourth-order valence-electron chi connectivity index (χ4n) is 2.78. The molecule has 0 radical (unpaired) electrons. The molecule has 2 aromatic rings. The van der Waals surface area contributed by atoms with Crippen LogP contribution >= 0.6 is 0 Å². The van der Waals surface area contributed by atoms with E-state index in [-0.39, 0.29) is 24.9 Å². The van der Waals surface area contributed by atoms with Gasteiger partial charge in [0.15, 0.2) is 0 Å². The highest BCUT2D eigenvalue weighted by Gasteiger charge is 2.19. The van der Waals surface area contributed by atoms with E-state index in [0.717, 1.165) is 11.1 Å². The highest BCUT2D eigenvalue weighted by molar-refractivity contribution is 5.94. The molecule has 0 heterocycles. The van der Waals surface area contributed by atoms with Crippen molar-refractivity contribution < 1.29 is 28.6 Å². The number of carbonyl (C=O) groups is 3. The molecule has 2 aromatic carbocycles. The number of hydrogen-bond acceptors (Lipinski definition) is 6. The molecule has 0 aliphatic carbocycles. The van der Waals surface area contributed by atoms with Crippen molar-refractivity contribution in [2.45, 2.75) is 45.9 Å². The maximum atomic E-state index is 12.5. The average molecular weight is 457 g/mol. The van der Waals surface area contributed by atoms with Gasteiger partial charge in [-0.1, -0.05) is 24.3 Å². The van der Waals surface area contributed by atoms with Gasteiger partial charge in [0.2, 0.25) is 0 Å². The van der Waals surface area contributed by atoms with Crippen LogP contribution in [-0.4, -0.2) is 49.2 Å². The zero-order chi connectivity index (χ0) is 24.4. The largest absolute Gasteiger partial charge is 0.493 e. The third-order valence-electron chi connectivity index (χ3n) is 4.52. The van der Waals surface area contributed by atoms with E-state index in [9.17, 15) is 14.4 Å². The molecule has 178 valence electrons. The number of hydrogen-bond donors (Lipinski definition) is 1. The van der Waals surface area contributed by atoms with Crippen LogP contribution in [0.3, 0.4) is 0 Å². The fourth-order valence-corrected chi connectivity index (χ4v) is 2.78. The van der Waals surface area contributed by atoms with Crippen LogP contribution in [0.4, 0.5) is 4.79 Å². The van der Waals surface area contributed by atoms with Gasteiger partial charge in [0.1, 0.15) is 11.4 Å². The maximum absolute atomic E-state index is 12.5. The third kappa shape index (κ3) is 9.22. The van der Waals surface area contributed by atoms with Crippen molar-refractivity contribution in [3.63, 3.8) is 0 Å². The van der Waals surface area contributed by atoms with Crippen LogP contribution in [0.1, 0.15) is 48.7 Å². The van der Waals surface area contributed by atoms with Gasteiger partial charge in [0, 0.05) is 25.7 Å². The standard InChI is InChI=1S/C25H32N2O6/c1-25(2,3)33-24(30)27(4)17-19-6-10-20(11-7-19)23(29)26-16-18-8-12-21(13-9-18)32-15-14-22(28)31-5/h6-13H,14-17H2,1-5H3,(H,26,29). The summed E-state index contributed by atoms with van der Waals surface area (Å²) in [5.41, 5.74) is 1.79. The summed E-state index contributed by atoms with van der Waals surface area (Å²) in [4.78, 5) is 37.1. The Hall–Kier alpha value is -3.55. The second-order valence-electron chi connectivity index (χ2n) is 8.53. The molecule has 8 heteroatoms. The zero-order valence-electron chi connectivity index (χ0n) is 19.8. The Morgan fingerprint density at radius 1 is 0.939 bits per heavy atom. The van der Waals surface area contributed by atoms with E-state index in [2.05, 4.69) is 10.1 Å². The van der Waals surface area contributed by atoms with E-state index in [0.29, 0.717) is 24.4 Å². The summed E-state index contributed by atoms with van der Waals surface area (Å²) < 4.78 is 15.4. The van der Waals surface area contributed by atoms with Crippen molar-refractivity contribution in [1.82, 2.24) is 10.2 Å². The summed E-state index contributed by atoms with van der Waals surface area (Å²) in [6, 6.07) is 14.4. The molecular formula is C25H32N2O6. The number of esters is 1. The van der Waals surface area contributed by atoms with Crippen molar-refractivity contribution in [1.29, 1.82) is 0 Å². The van der Waals surface area contributed by atoms with E-state index in [1.165, 1.54) is 12.0 Å². The molecule has 0 fully saturated rings. The summed E-state index contributed by atoms with van der Waals surface area (Å²) in [5, 5.41) is 2.88. The molecular weight excluding hydrogens is 424 g/mol. The lowest BCUT2D eigenvalue weighted by molar-refractivity contribution is -0.141. The molecule has 0 atom stereocenters. The lowest BCUT2D eigenvalue weighted by Gasteiger charge is -2.24. The highest BCUT2D eigenvalue weighted by Crippen LogP contribution is 2.14. The number of nitrogens with one attached hydrogen (secondary N) is 1. The number of methoxy groups -OCH3 is 1. The first-order chi connectivity index (χ1) is 15.6. The zero-order valence-corrected chi connectivity index (χ0v) is 19.8. The molecule has 33 heavy (non-hydrogen) atoms. The predicted octanol–water partition coefficient (Wildman–Crippen LogP) is 3.93. The third-order valence-corrected chi connectivity index (χ3v) is 4.52. The molecule has 1 N–H and O–H groups in total. The number of nitrogens with zero attached hydrogens (tertiary/aromatic N) is 1. The van der Waals surface area contributed by atoms with Crippen molar-refractivity contribution >= 4 is 18.0 Å². The number of amides is 2. The van der Waals surface area contributed by atoms with Gasteiger partial charge in [-0.3, -0.25) is 9.59 Å². The number of benzene rings is 2. The Balaban J connectivity index is 1.81. The van der Waals surface area contributed by atoms with Crippen LogP contribution in [0.5, 0.6) is 5.75 Å². The molecule has 0 aliphatic heterocycles. The lowest BCUT2D eigenvalue weighted by Crippen LogP contribution is -2.33. The topological polar surface area (TPSA) is 94.2 Å². The molecule has 8 nitrogen and oxygen atoms in total. The molecule has 0 unspecified atom stereocenters. The Bertz CT molecular complexity index is 933. The van der Waals surface area contributed by atoms with Gasteiger partial charge < -0.3 is 24.4 Å². The van der Waals surface area contributed by atoms with Crippen molar-refractivity contribution in [3.8, 4) is 5.75 Å². The van der Waals surface area contributed by atoms with E-state index >= 15 is 0 Å². The number of rotatable bonds is 9. The molecule has 0 spiro atoms. The quantitative estimate of drug-likeness (QED) is 0.575. The monoisotopic (exact) mass is 456 g/mol. The maximum Gasteiger partial charge on any atom is 0.410 e. The van der Waals surface area contributed by atoms with Gasteiger partial charge in [-0.25, -0.2) is 4.79 Å². The van der Waals surface area contributed by atoms with Crippen LogP contribution in [0, 0.1) is 0 Å². The minimum Gasteiger partial charge on any atom is -0.493 e. The molecule has 2 amide bonds. The Labute approximate surface area is 194 Å². The van der Waals surface area contributed by atoms with Crippen LogP contribution in [0.15, 0.2) is 48.5 Å². The van der Waals surface area contributed by atoms with Gasteiger partial charge in [-0.15, -0.1) is 0 Å². The summed E-state index contributed by atoms with van der Waals surface area (Å²) >= 11 is 0. The smallest absolute Gasteiger partial charge is 0.410 e. The van der Waals surface area contributed by atoms with E-state index in [1.54, 1.807) is 31.3 Å². The Morgan fingerprint density at radius 2 is 1.55 bits per heavy atom.